The molecule has 672 valence electrons. The van der Waals surface area contributed by atoms with Crippen LogP contribution in [0.1, 0.15) is 160 Å². The number of carboxylic acids is 2. The summed E-state index contributed by atoms with van der Waals surface area (Å²) in [6.45, 7) is 11.7. The van der Waals surface area contributed by atoms with E-state index in [0.29, 0.717) is 59.0 Å². The molecule has 36 nitrogen and oxygen atoms in total. The summed E-state index contributed by atoms with van der Waals surface area (Å²) in [5.41, 5.74) is -2.03. The molecule has 40 heteroatoms. The first-order chi connectivity index (χ1) is 57.9. The summed E-state index contributed by atoms with van der Waals surface area (Å²) in [5.74, 6) is -16.3. The maximum atomic E-state index is 14.5. The predicted octanol–water partition coefficient (Wildman–Crippen LogP) is 4.11. The molecule has 4 aromatic rings. The number of aromatic nitrogens is 2. The highest BCUT2D eigenvalue weighted by molar-refractivity contribution is 6.08. The molecule has 3 saturated heterocycles. The first-order valence-corrected chi connectivity index (χ1v) is 40.7. The van der Waals surface area contributed by atoms with Crippen LogP contribution >= 0.6 is 0 Å². The maximum Gasteiger partial charge on any atom is 0.329 e. The number of hydrogen-bond donors (Lipinski definition) is 8. The van der Waals surface area contributed by atoms with Crippen LogP contribution in [0.4, 0.5) is 17.6 Å². The summed E-state index contributed by atoms with van der Waals surface area (Å²) in [5, 5.41) is 54.9. The van der Waals surface area contributed by atoms with Gasteiger partial charge in [0.05, 0.1) is 93.3 Å². The van der Waals surface area contributed by atoms with Crippen molar-refractivity contribution in [2.45, 2.75) is 198 Å². The molecule has 3 fully saturated rings. The van der Waals surface area contributed by atoms with Gasteiger partial charge in [0.15, 0.2) is 0 Å². The zero-order chi connectivity index (χ0) is 90.6. The SMILES string of the molecule is CC(C)(C)OC(=O)CN1CCN(CC(=O)O)CCN(CC(=O)O)CCN(C(CCC(=O)N[C@@H](CCC(=O)N[C@@H](CCC(=O)NCCCCOc2ccc3nccc(C(=O)NCC(=O)N4CC(F)(F)CC4C#N)c3c2)C(=O)NCCCCOc2ccc3nccc(C(=O)NCC(=O)N4CC(F)(F)CC4C#N)c3c2)C(=O)OC(C)(C)C)C(=O)OC(C)(C)C)CC1. The number of alkyl halides is 4. The van der Waals surface area contributed by atoms with Crippen molar-refractivity contribution >= 4 is 98.9 Å². The third-order valence-electron chi connectivity index (χ3n) is 19.6. The van der Waals surface area contributed by atoms with Crippen molar-refractivity contribution in [2.24, 2.45) is 0 Å². The minimum atomic E-state index is -3.26. The minimum absolute atomic E-state index is 0.0186. The van der Waals surface area contributed by atoms with Crippen LogP contribution in [0.25, 0.3) is 21.8 Å². The first kappa shape index (κ1) is 98.6. The van der Waals surface area contributed by atoms with Gasteiger partial charge in [-0.1, -0.05) is 0 Å². The number of benzene rings is 2. The Labute approximate surface area is 710 Å². The lowest BCUT2D eigenvalue weighted by atomic mass is 10.1. The number of amides is 8. The van der Waals surface area contributed by atoms with Crippen molar-refractivity contribution in [1.29, 1.82) is 10.5 Å². The number of carbonyl (C=O) groups is 13. The van der Waals surface area contributed by atoms with Gasteiger partial charge in [0.2, 0.25) is 35.4 Å². The molecule has 2 aromatic heterocycles. The maximum absolute atomic E-state index is 14.5. The molecular weight excluding hydrogens is 1620 g/mol. The molecule has 3 aliphatic heterocycles. The number of nitrogens with one attached hydrogen (secondary N) is 6. The molecule has 5 heterocycles. The molecule has 0 bridgehead atoms. The lowest BCUT2D eigenvalue weighted by molar-refractivity contribution is -0.163. The quantitative estimate of drug-likeness (QED) is 0.0135. The van der Waals surface area contributed by atoms with Gasteiger partial charge in [0, 0.05) is 121 Å². The van der Waals surface area contributed by atoms with Crippen LogP contribution in [0.5, 0.6) is 11.5 Å². The third kappa shape index (κ3) is 33.7. The van der Waals surface area contributed by atoms with E-state index in [4.69, 9.17) is 23.7 Å². The van der Waals surface area contributed by atoms with E-state index in [1.54, 1.807) is 130 Å². The van der Waals surface area contributed by atoms with E-state index >= 15 is 0 Å². The highest BCUT2D eigenvalue weighted by atomic mass is 19.3. The normalized spacial score (nSPS) is 17.6. The average Bonchev–Trinajstić information content (AvgIpc) is 1.76. The van der Waals surface area contributed by atoms with Gasteiger partial charge in [-0.2, -0.15) is 10.5 Å². The fraction of sp³-hybridized carbons (Fsp3) is 0.602. The molecule has 0 radical (unpaired) electrons. The summed E-state index contributed by atoms with van der Waals surface area (Å²) in [6, 6.07) is 8.99. The molecule has 3 unspecified atom stereocenters. The minimum Gasteiger partial charge on any atom is -0.494 e. The topological polar surface area (TPSA) is 474 Å². The third-order valence-corrected chi connectivity index (χ3v) is 19.6. The summed E-state index contributed by atoms with van der Waals surface area (Å²) < 4.78 is 85.5. The summed E-state index contributed by atoms with van der Waals surface area (Å²) >= 11 is 0. The molecule has 8 N–H and O–H groups in total. The summed E-state index contributed by atoms with van der Waals surface area (Å²) in [6.07, 6.45) is 0.503. The molecule has 8 amide bonds. The average molecular weight is 1730 g/mol. The van der Waals surface area contributed by atoms with Crippen LogP contribution in [-0.2, 0) is 67.0 Å². The smallest absolute Gasteiger partial charge is 0.329 e. The Balaban J connectivity index is 1.00. The second-order valence-corrected chi connectivity index (χ2v) is 33.3. The number of ether oxygens (including phenoxy) is 5. The van der Waals surface area contributed by atoms with Crippen LogP contribution in [0.2, 0.25) is 0 Å². The number of unbranched alkanes of at least 4 members (excludes halogenated alkanes) is 2. The van der Waals surface area contributed by atoms with E-state index in [-0.39, 0.29) is 129 Å². The van der Waals surface area contributed by atoms with Gasteiger partial charge in [-0.3, -0.25) is 87.1 Å². The van der Waals surface area contributed by atoms with Crippen LogP contribution in [0.15, 0.2) is 60.9 Å². The monoisotopic (exact) mass is 1730 g/mol. The number of carboxylic acid groups (broad SMARTS) is 2. The van der Waals surface area contributed by atoms with Crippen molar-refractivity contribution in [3.8, 4) is 23.6 Å². The van der Waals surface area contributed by atoms with Crippen molar-refractivity contribution in [1.82, 2.24) is 71.3 Å². The van der Waals surface area contributed by atoms with E-state index in [1.807, 2.05) is 0 Å². The van der Waals surface area contributed by atoms with E-state index in [9.17, 15) is 101 Å². The first-order valence-electron chi connectivity index (χ1n) is 40.7. The van der Waals surface area contributed by atoms with Gasteiger partial charge in [-0.15, -0.1) is 0 Å². The molecule has 0 aliphatic carbocycles. The zero-order valence-electron chi connectivity index (χ0n) is 70.8. The number of aliphatic carboxylic acids is 2. The number of pyridine rings is 2. The Morgan fingerprint density at radius 1 is 0.504 bits per heavy atom. The van der Waals surface area contributed by atoms with E-state index in [1.165, 1.54) is 24.5 Å². The second kappa shape index (κ2) is 45.6. The van der Waals surface area contributed by atoms with Gasteiger partial charge in [0.25, 0.3) is 23.7 Å². The Kier molecular flexibility index (Phi) is 36.5. The van der Waals surface area contributed by atoms with Crippen LogP contribution in [-0.4, -0.2) is 310 Å². The molecule has 2 aromatic carbocycles. The number of rotatable bonds is 39. The van der Waals surface area contributed by atoms with Crippen molar-refractivity contribution in [3.05, 3.63) is 72.1 Å². The number of carbonyl (C=O) groups excluding carboxylic acids is 11. The Morgan fingerprint density at radius 3 is 1.36 bits per heavy atom. The van der Waals surface area contributed by atoms with Crippen LogP contribution < -0.4 is 41.4 Å². The van der Waals surface area contributed by atoms with Crippen molar-refractivity contribution in [2.75, 3.05) is 124 Å². The molecule has 5 atom stereocenters. The molecule has 3 aliphatic rings. The van der Waals surface area contributed by atoms with Gasteiger partial charge < -0.3 is 75.6 Å². The summed E-state index contributed by atoms with van der Waals surface area (Å²) in [4.78, 5) is 191. The Morgan fingerprint density at radius 2 is 0.911 bits per heavy atom. The van der Waals surface area contributed by atoms with Gasteiger partial charge in [0.1, 0.15) is 58.5 Å². The number of likely N-dealkylation sites (tertiary alicyclic amines) is 2. The summed E-state index contributed by atoms with van der Waals surface area (Å²) in [7, 11) is 0. The Hall–Kier alpha value is -11.5. The second-order valence-electron chi connectivity index (χ2n) is 33.3. The fourth-order valence-corrected chi connectivity index (χ4v) is 13.7. The number of fused-ring (bicyclic) bond motifs is 2. The largest absolute Gasteiger partial charge is 0.494 e. The van der Waals surface area contributed by atoms with Gasteiger partial charge >= 0.3 is 29.8 Å². The molecule has 0 saturated carbocycles. The molecule has 7 rings (SSSR count). The number of nitrogens with zero attached hydrogens (tertiary/aromatic N) is 10. The fourth-order valence-electron chi connectivity index (χ4n) is 13.7. The van der Waals surface area contributed by atoms with Gasteiger partial charge in [-0.05, 0) is 156 Å². The van der Waals surface area contributed by atoms with Crippen LogP contribution in [0, 0.1) is 22.7 Å². The lowest BCUT2D eigenvalue weighted by Crippen LogP contribution is -2.53. The predicted molar refractivity (Wildman–Crippen MR) is 434 cm³/mol. The highest BCUT2D eigenvalue weighted by Crippen LogP contribution is 2.34. The van der Waals surface area contributed by atoms with Crippen molar-refractivity contribution < 1.29 is 114 Å². The zero-order valence-corrected chi connectivity index (χ0v) is 70.8. The van der Waals surface area contributed by atoms with Gasteiger partial charge in [-0.25, -0.2) is 22.4 Å². The van der Waals surface area contributed by atoms with Crippen molar-refractivity contribution in [3.63, 3.8) is 0 Å². The standard InChI is InChI=1S/C83H112F4N16O20/c1-79(2,3)121-73(113)50-100-33-32-98(48-71(109)110)30-31-99(49-72(111)112)34-36-101(37-35-100)65(78(118)123-81(7,8)9)20-23-68(106)97-64(77(117)122-80(4,5)6)19-22-67(105)96-63(76(116)93-27-11-13-39-120-56-15-17-62-60(41-56)58(25-29-91-62)75(115)95-47-70(108)103-52-83(86,87)43-54(103)45-89)18-21-66(104)92-26-10-12-38-119-55-14-16-61-59(40-55)57(24-28-90-61)74(114)94-46-69(107)102-51-82(84,85)42-53(102)44-88/h14-17,24-25,28-29,40-41,53-54,63-65H,10-13,18-23,26-27,30-39,42-43,46-52H2,1-9H3,(H,92,104)(H,93,116)(H,94,114)(H,95,115)(H,96,105)(H,97,106)(H,109,110)(H,111,112)/t53?,54?,63-,64-,65?/m0/s1. The van der Waals surface area contributed by atoms with E-state index < -0.39 is 194 Å². The van der Waals surface area contributed by atoms with E-state index in [0.717, 1.165) is 9.80 Å². The molecule has 0 spiro atoms. The number of nitriles is 2. The lowest BCUT2D eigenvalue weighted by Gasteiger charge is -2.37. The number of halogens is 4. The van der Waals surface area contributed by atoms with Crippen LogP contribution in [0.3, 0.4) is 0 Å². The Bertz CT molecular complexity index is 4510. The highest BCUT2D eigenvalue weighted by Gasteiger charge is 2.49. The molecule has 123 heavy (non-hydrogen) atoms. The number of esters is 3. The number of hydrogen-bond acceptors (Lipinski definition) is 26. The van der Waals surface area contributed by atoms with E-state index in [2.05, 4.69) is 41.9 Å². The molecular formula is C83H112F4N16O20.